The maximum atomic E-state index is 14.6. The van der Waals surface area contributed by atoms with Crippen molar-refractivity contribution in [2.75, 3.05) is 32.8 Å². The fourth-order valence-corrected chi connectivity index (χ4v) is 11.5. The summed E-state index contributed by atoms with van der Waals surface area (Å²) in [6.45, 7) is 5.39. The normalized spacial score (nSPS) is 14.5. The largest absolute Gasteiger partial charge is 0.481 e. The molecule has 1 rings (SSSR count). The average molecular weight is 1780 g/mol. The summed E-state index contributed by atoms with van der Waals surface area (Å²) in [5.74, 6) is -27.2. The van der Waals surface area contributed by atoms with Crippen LogP contribution in [0.5, 0.6) is 0 Å². The molecule has 0 unspecified atom stereocenters. The van der Waals surface area contributed by atoms with E-state index in [1.54, 1.807) is 44.2 Å². The van der Waals surface area contributed by atoms with E-state index in [1.165, 1.54) is 13.8 Å². The van der Waals surface area contributed by atoms with Gasteiger partial charge < -0.3 is 156 Å². The molecule has 0 fully saturated rings. The standard InChI is InChI=1S/C73H121N27O25/c1-34(2)28-46(97-68(122)48(31-54(106)107)96-58(112)35(3)87-59(113)39(75)29-38-14-7-6-8-15-38)66(120)88-36(4)56(110)90-41(17-11-25-84-71(78)79)60(114)93-42(18-12-26-85-72(80)81)61(115)92-40(16-9-10-24-74)62(116)98-49(32-55(108)109)69(123)99-47(30-53(104)105)67(121)89-37(5)57(111)91-44(20-22-51(76)102)64(118)95-45(21-23-52(77)103)65(119)94-43(19-13-27-86-73(82)83)63(117)100-50(33-101)70(124)125/h6-8,14-15,34-37,39-50,101H,9-13,16-33,74-75H2,1-5H3,(H2,76,102)(H2,77,103)(H,87,113)(H,88,120)(H,89,121)(H,90,110)(H,91,111)(H,92,115)(H,93,114)(H,94,119)(H,95,118)(H,96,112)(H,97,122)(H,98,116)(H,99,123)(H,100,117)(H,104,105)(H,106,107)(H,108,109)(H,124,125)(H4,78,79,84)(H4,80,81,85)(H4,82,83,86)/t35-,36-,37-,39-,40-,41-,42-,43-,44-,45-,46-,47-,48-,49-,50-/m0/s1. The number of hydrogen-bond acceptors (Lipinski definition) is 26. The van der Waals surface area contributed by atoms with Crippen LogP contribution in [0.3, 0.4) is 0 Å². The van der Waals surface area contributed by atoms with E-state index in [1.807, 2.05) is 10.6 Å². The smallest absolute Gasteiger partial charge is 0.328 e. The lowest BCUT2D eigenvalue weighted by Crippen LogP contribution is -2.61. The van der Waals surface area contributed by atoms with Gasteiger partial charge in [-0.2, -0.15) is 0 Å². The molecule has 1 aromatic carbocycles. The number of carboxylic acids is 4. The van der Waals surface area contributed by atoms with Crippen molar-refractivity contribution in [1.29, 1.82) is 16.2 Å². The SMILES string of the molecule is CC(C)C[C@H](NC(=O)[C@H](CC(=O)O)NC(=O)[C@H](C)NC(=O)[C@@H](N)Cc1ccccc1)C(=O)N[C@@H](C)C(=O)N[C@@H](CCCNC(=N)N)C(=O)N[C@@H](CCCNC(=N)N)C(=O)N[C@@H](CCCCN)C(=O)N[C@@H](CC(=O)O)C(=O)N[C@@H](CC(=O)O)C(=O)N[C@@H](C)C(=O)N[C@@H](CCC(N)=O)C(=O)N[C@@H](CCC(N)=O)C(=O)N[C@@H](CCCNC(=N)N)C(=O)N[C@@H](CO)C(=O)O. The van der Waals surface area contributed by atoms with Crippen molar-refractivity contribution >= 4 is 136 Å². The molecule has 16 amide bonds. The molecule has 1 aromatic rings. The number of primary amides is 2. The molecule has 125 heavy (non-hydrogen) atoms. The van der Waals surface area contributed by atoms with Gasteiger partial charge in [-0.25, -0.2) is 4.79 Å². The highest BCUT2D eigenvalue weighted by Crippen LogP contribution is 2.13. The van der Waals surface area contributed by atoms with Crippen LogP contribution in [0, 0.1) is 22.1 Å². The number of aliphatic hydroxyl groups excluding tert-OH is 1. The highest BCUT2D eigenvalue weighted by atomic mass is 16.4. The van der Waals surface area contributed by atoms with Gasteiger partial charge in [-0.05, 0) is 122 Å². The Morgan fingerprint density at radius 2 is 0.600 bits per heavy atom. The highest BCUT2D eigenvalue weighted by molar-refractivity contribution is 6.02. The first-order valence-corrected chi connectivity index (χ1v) is 39.6. The fourth-order valence-electron chi connectivity index (χ4n) is 11.5. The molecule has 0 aliphatic heterocycles. The Bertz CT molecular complexity index is 3940. The molecular weight excluding hydrogens is 1650 g/mol. The number of rotatable bonds is 62. The lowest BCUT2D eigenvalue weighted by molar-refractivity contribution is -0.143. The van der Waals surface area contributed by atoms with Gasteiger partial charge >= 0.3 is 23.9 Å². The molecule has 698 valence electrons. The minimum Gasteiger partial charge on any atom is -0.481 e. The molecule has 0 heterocycles. The van der Waals surface area contributed by atoms with Crippen molar-refractivity contribution < 1.29 is 121 Å². The Balaban J connectivity index is 3.69. The number of guanidine groups is 3. The second-order valence-electron chi connectivity index (χ2n) is 29.3. The van der Waals surface area contributed by atoms with Gasteiger partial charge in [-0.15, -0.1) is 0 Å². The Labute approximate surface area is 717 Å². The number of nitrogens with one attached hydrogen (secondary N) is 20. The van der Waals surface area contributed by atoms with Gasteiger partial charge in [0.05, 0.1) is 31.9 Å². The number of unbranched alkanes of at least 4 members (excludes halogenated alkanes) is 1. The summed E-state index contributed by atoms with van der Waals surface area (Å²) < 4.78 is 0. The fraction of sp³-hybridized carbons (Fsp3) is 0.603. The third-order valence-corrected chi connectivity index (χ3v) is 18.1. The summed E-state index contributed by atoms with van der Waals surface area (Å²) in [4.78, 5) is 268. The zero-order valence-electron chi connectivity index (χ0n) is 69.8. The van der Waals surface area contributed by atoms with Crippen LogP contribution in [0.25, 0.3) is 0 Å². The number of aliphatic hydroxyl groups is 1. The molecule has 0 aliphatic rings. The summed E-state index contributed by atoms with van der Waals surface area (Å²) in [6.07, 6.45) is -7.43. The summed E-state index contributed by atoms with van der Waals surface area (Å²) in [7, 11) is 0. The van der Waals surface area contributed by atoms with Crippen LogP contribution in [0.4, 0.5) is 0 Å². The van der Waals surface area contributed by atoms with Gasteiger partial charge in [0.15, 0.2) is 17.9 Å². The molecular formula is C73H121N27O25. The van der Waals surface area contributed by atoms with Crippen LogP contribution in [-0.2, 0) is 102 Å². The second-order valence-corrected chi connectivity index (χ2v) is 29.3. The van der Waals surface area contributed by atoms with Crippen LogP contribution in [0.15, 0.2) is 30.3 Å². The van der Waals surface area contributed by atoms with E-state index >= 15 is 0 Å². The number of carbonyl (C=O) groups excluding carboxylic acids is 16. The monoisotopic (exact) mass is 1780 g/mol. The second kappa shape index (κ2) is 57.6. The van der Waals surface area contributed by atoms with Gasteiger partial charge in [0.2, 0.25) is 94.5 Å². The van der Waals surface area contributed by atoms with E-state index < -0.39 is 278 Å². The molecule has 0 spiro atoms. The lowest BCUT2D eigenvalue weighted by atomic mass is 10.0. The number of amides is 16. The molecule has 52 nitrogen and oxygen atoms in total. The quantitative estimate of drug-likeness (QED) is 0.0164. The average Bonchev–Trinajstić information content (AvgIpc) is 0.856. The number of carboxylic acid groups (broad SMARTS) is 4. The van der Waals surface area contributed by atoms with Gasteiger partial charge in [-0.1, -0.05) is 44.2 Å². The molecule has 0 bridgehead atoms. The van der Waals surface area contributed by atoms with Crippen LogP contribution < -0.4 is 131 Å². The number of benzene rings is 1. The van der Waals surface area contributed by atoms with Crippen molar-refractivity contribution in [2.45, 2.75) is 241 Å². The van der Waals surface area contributed by atoms with Gasteiger partial charge in [-0.3, -0.25) is 107 Å². The van der Waals surface area contributed by atoms with Crippen molar-refractivity contribution in [3.8, 4) is 0 Å². The zero-order chi connectivity index (χ0) is 94.9. The number of aliphatic carboxylic acids is 4. The minimum atomic E-state index is -2.24. The lowest BCUT2D eigenvalue weighted by Gasteiger charge is -2.28. The number of nitrogens with two attached hydrogens (primary N) is 7. The van der Waals surface area contributed by atoms with Crippen molar-refractivity contribution in [1.82, 2.24) is 90.4 Å². The van der Waals surface area contributed by atoms with Crippen LogP contribution in [0.1, 0.15) is 149 Å². The summed E-state index contributed by atoms with van der Waals surface area (Å²) >= 11 is 0. The van der Waals surface area contributed by atoms with Crippen molar-refractivity contribution in [3.05, 3.63) is 35.9 Å². The maximum Gasteiger partial charge on any atom is 0.328 e. The Kier molecular flexibility index (Phi) is 50.3. The predicted octanol–water partition coefficient (Wildman–Crippen LogP) is -11.6. The van der Waals surface area contributed by atoms with Gasteiger partial charge in [0.25, 0.3) is 0 Å². The minimum absolute atomic E-state index is 0.0102. The third kappa shape index (κ3) is 45.7. The highest BCUT2D eigenvalue weighted by Gasteiger charge is 2.39. The van der Waals surface area contributed by atoms with E-state index in [9.17, 15) is 121 Å². The Morgan fingerprint density at radius 1 is 0.336 bits per heavy atom. The van der Waals surface area contributed by atoms with Crippen LogP contribution >= 0.6 is 0 Å². The van der Waals surface area contributed by atoms with Gasteiger partial charge in [0.1, 0.15) is 84.6 Å². The summed E-state index contributed by atoms with van der Waals surface area (Å²) in [6, 6.07) is -17.3. The predicted molar refractivity (Wildman–Crippen MR) is 440 cm³/mol. The maximum absolute atomic E-state index is 14.6. The van der Waals surface area contributed by atoms with E-state index in [2.05, 4.69) is 79.8 Å². The Morgan fingerprint density at radius 3 is 0.896 bits per heavy atom. The topological polar surface area (TPSA) is 901 Å². The van der Waals surface area contributed by atoms with Gasteiger partial charge in [0, 0.05) is 32.5 Å². The summed E-state index contributed by atoms with van der Waals surface area (Å²) in [5.41, 5.74) is 39.5. The van der Waals surface area contributed by atoms with E-state index in [4.69, 9.17) is 56.4 Å². The number of carbonyl (C=O) groups is 20. The first-order valence-electron chi connectivity index (χ1n) is 39.6. The number of hydrogen-bond donors (Lipinski definition) is 32. The molecule has 52 heteroatoms. The zero-order valence-corrected chi connectivity index (χ0v) is 69.8. The molecule has 0 saturated heterocycles. The molecule has 0 saturated carbocycles. The van der Waals surface area contributed by atoms with E-state index in [0.717, 1.165) is 6.92 Å². The molecule has 15 atom stereocenters. The molecule has 0 aliphatic carbocycles. The Hall–Kier alpha value is -13.7. The van der Waals surface area contributed by atoms with E-state index in [0.29, 0.717) is 5.56 Å². The molecule has 39 N–H and O–H groups in total. The third-order valence-electron chi connectivity index (χ3n) is 18.1. The van der Waals surface area contributed by atoms with Crippen LogP contribution in [0.2, 0.25) is 0 Å². The molecule has 0 radical (unpaired) electrons. The van der Waals surface area contributed by atoms with Crippen LogP contribution in [-0.4, -0.2) is 285 Å². The van der Waals surface area contributed by atoms with E-state index in [-0.39, 0.29) is 103 Å². The first-order chi connectivity index (χ1) is 58.6. The first kappa shape index (κ1) is 109. The molecule has 0 aromatic heterocycles. The van der Waals surface area contributed by atoms with Crippen molar-refractivity contribution in [3.63, 3.8) is 0 Å². The summed E-state index contributed by atoms with van der Waals surface area (Å²) in [5, 5.41) is 111. The van der Waals surface area contributed by atoms with Crippen molar-refractivity contribution in [2.24, 2.45) is 46.1 Å².